The molecule has 0 spiro atoms. The van der Waals surface area contributed by atoms with E-state index in [1.54, 1.807) is 0 Å². The van der Waals surface area contributed by atoms with E-state index in [0.717, 1.165) is 25.0 Å². The number of aliphatic imine (C=N–C) groups is 1. The van der Waals surface area contributed by atoms with Gasteiger partial charge in [-0.15, -0.1) is 35.3 Å². The molecule has 30 heavy (non-hydrogen) atoms. The molecule has 1 aromatic rings. The topological polar surface area (TPSA) is 42.9 Å². The lowest BCUT2D eigenvalue weighted by molar-refractivity contribution is 0.128. The zero-order valence-corrected chi connectivity index (χ0v) is 22.4. The van der Waals surface area contributed by atoms with Gasteiger partial charge in [0.2, 0.25) is 0 Å². The standard InChI is InChI=1S/C23H41N5S.HI/c1-5-24-23(26-20-10-13-28(14-11-20)17-18(2)3)25-16-19-8-6-12-27(4)22(19)21-9-7-15-29-21;/h7,9,15,18-20,22H,5-6,8,10-14,16-17H2,1-4H3,(H2,24,25,26);1H. The van der Waals surface area contributed by atoms with Crippen LogP contribution >= 0.6 is 35.3 Å². The van der Waals surface area contributed by atoms with Crippen molar-refractivity contribution in [2.75, 3.05) is 46.3 Å². The Morgan fingerprint density at radius 1 is 1.23 bits per heavy atom. The summed E-state index contributed by atoms with van der Waals surface area (Å²) in [6.45, 7) is 13.4. The molecule has 0 radical (unpaired) electrons. The van der Waals surface area contributed by atoms with Crippen LogP contribution in [-0.4, -0.2) is 68.1 Å². The third-order valence-corrected chi connectivity index (χ3v) is 7.16. The summed E-state index contributed by atoms with van der Waals surface area (Å²) in [5.41, 5.74) is 0. The zero-order chi connectivity index (χ0) is 20.6. The summed E-state index contributed by atoms with van der Waals surface area (Å²) in [5, 5.41) is 9.42. The van der Waals surface area contributed by atoms with Crippen LogP contribution < -0.4 is 10.6 Å². The molecule has 2 saturated heterocycles. The second kappa shape index (κ2) is 13.2. The van der Waals surface area contributed by atoms with Crippen LogP contribution in [0.4, 0.5) is 0 Å². The van der Waals surface area contributed by atoms with Crippen LogP contribution in [0.1, 0.15) is 57.4 Å². The summed E-state index contributed by atoms with van der Waals surface area (Å²) >= 11 is 1.89. The summed E-state index contributed by atoms with van der Waals surface area (Å²) in [6.07, 6.45) is 4.96. The number of piperidine rings is 2. The first-order valence-corrected chi connectivity index (χ1v) is 12.5. The molecule has 3 rings (SSSR count). The van der Waals surface area contributed by atoms with Crippen molar-refractivity contribution in [3.05, 3.63) is 22.4 Å². The first-order valence-electron chi connectivity index (χ1n) is 11.6. The minimum absolute atomic E-state index is 0. The van der Waals surface area contributed by atoms with Gasteiger partial charge in [-0.25, -0.2) is 0 Å². The highest BCUT2D eigenvalue weighted by Gasteiger charge is 2.31. The summed E-state index contributed by atoms with van der Waals surface area (Å²) in [7, 11) is 2.27. The maximum Gasteiger partial charge on any atom is 0.191 e. The second-order valence-electron chi connectivity index (χ2n) is 9.18. The fourth-order valence-electron chi connectivity index (χ4n) is 4.86. The first-order chi connectivity index (χ1) is 14.1. The van der Waals surface area contributed by atoms with Crippen molar-refractivity contribution in [2.24, 2.45) is 16.8 Å². The number of guanidine groups is 1. The van der Waals surface area contributed by atoms with Crippen LogP contribution in [-0.2, 0) is 0 Å². The lowest BCUT2D eigenvalue weighted by atomic mass is 9.88. The fourth-order valence-corrected chi connectivity index (χ4v) is 5.84. The average Bonchev–Trinajstić information content (AvgIpc) is 3.21. The molecule has 2 aliphatic rings. The van der Waals surface area contributed by atoms with Crippen molar-refractivity contribution >= 4 is 41.3 Å². The Balaban J connectivity index is 0.00000320. The van der Waals surface area contributed by atoms with Gasteiger partial charge >= 0.3 is 0 Å². The summed E-state index contributed by atoms with van der Waals surface area (Å²) in [4.78, 5) is 11.7. The Labute approximate surface area is 205 Å². The van der Waals surface area contributed by atoms with Gasteiger partial charge in [-0.05, 0) is 69.5 Å². The van der Waals surface area contributed by atoms with Gasteiger partial charge in [-0.3, -0.25) is 9.89 Å². The van der Waals surface area contributed by atoms with Gasteiger partial charge in [0, 0.05) is 49.7 Å². The van der Waals surface area contributed by atoms with E-state index in [2.05, 4.69) is 65.8 Å². The van der Waals surface area contributed by atoms with Crippen LogP contribution in [0.2, 0.25) is 0 Å². The molecule has 3 heterocycles. The van der Waals surface area contributed by atoms with Crippen molar-refractivity contribution in [2.45, 2.75) is 58.5 Å². The minimum atomic E-state index is 0. The van der Waals surface area contributed by atoms with E-state index in [1.807, 2.05) is 11.3 Å². The van der Waals surface area contributed by atoms with Gasteiger partial charge in [-0.1, -0.05) is 19.9 Å². The third-order valence-electron chi connectivity index (χ3n) is 6.22. The smallest absolute Gasteiger partial charge is 0.191 e. The Morgan fingerprint density at radius 2 is 2.00 bits per heavy atom. The van der Waals surface area contributed by atoms with E-state index in [9.17, 15) is 0 Å². The van der Waals surface area contributed by atoms with E-state index >= 15 is 0 Å². The predicted octanol–water partition coefficient (Wildman–Crippen LogP) is 4.42. The molecule has 0 aromatic carbocycles. The molecular weight excluding hydrogens is 505 g/mol. The van der Waals surface area contributed by atoms with E-state index in [0.29, 0.717) is 18.0 Å². The molecule has 2 aliphatic heterocycles. The molecule has 1 aromatic heterocycles. The molecule has 0 bridgehead atoms. The lowest BCUT2D eigenvalue weighted by Crippen LogP contribution is -2.49. The van der Waals surface area contributed by atoms with Crippen LogP contribution in [0.5, 0.6) is 0 Å². The van der Waals surface area contributed by atoms with Gasteiger partial charge in [0.05, 0.1) is 0 Å². The van der Waals surface area contributed by atoms with Gasteiger partial charge in [0.1, 0.15) is 0 Å². The van der Waals surface area contributed by atoms with Crippen molar-refractivity contribution in [1.82, 2.24) is 20.4 Å². The number of nitrogens with zero attached hydrogens (tertiary/aromatic N) is 3. The molecular formula is C23H42IN5S. The van der Waals surface area contributed by atoms with Gasteiger partial charge in [0.15, 0.2) is 5.96 Å². The number of rotatable bonds is 7. The number of hydrogen-bond acceptors (Lipinski definition) is 4. The highest BCUT2D eigenvalue weighted by Crippen LogP contribution is 2.37. The predicted molar refractivity (Wildman–Crippen MR) is 141 cm³/mol. The molecule has 2 unspecified atom stereocenters. The van der Waals surface area contributed by atoms with Crippen molar-refractivity contribution in [3.8, 4) is 0 Å². The minimum Gasteiger partial charge on any atom is -0.357 e. The zero-order valence-electron chi connectivity index (χ0n) is 19.3. The van der Waals surface area contributed by atoms with Crippen LogP contribution in [0.25, 0.3) is 0 Å². The van der Waals surface area contributed by atoms with E-state index in [1.165, 1.54) is 56.7 Å². The third kappa shape index (κ3) is 7.64. The molecule has 0 saturated carbocycles. The number of thiophene rings is 1. The molecule has 2 N–H and O–H groups in total. The summed E-state index contributed by atoms with van der Waals surface area (Å²) in [6, 6.07) is 5.52. The van der Waals surface area contributed by atoms with Crippen molar-refractivity contribution < 1.29 is 0 Å². The number of halogens is 1. The SMILES string of the molecule is CCNC(=NCC1CCCN(C)C1c1cccs1)NC1CCN(CC(C)C)CC1.I. The highest BCUT2D eigenvalue weighted by molar-refractivity contribution is 14.0. The average molecular weight is 548 g/mol. The maximum atomic E-state index is 5.05. The van der Waals surface area contributed by atoms with E-state index in [-0.39, 0.29) is 24.0 Å². The molecule has 2 atom stereocenters. The monoisotopic (exact) mass is 547 g/mol. The van der Waals surface area contributed by atoms with Crippen LogP contribution in [0.3, 0.4) is 0 Å². The molecule has 7 heteroatoms. The van der Waals surface area contributed by atoms with Crippen LogP contribution in [0.15, 0.2) is 22.5 Å². The first kappa shape index (κ1) is 25.9. The van der Waals surface area contributed by atoms with Gasteiger partial charge in [0.25, 0.3) is 0 Å². The summed E-state index contributed by atoms with van der Waals surface area (Å²) in [5.74, 6) is 2.35. The molecule has 0 amide bonds. The van der Waals surface area contributed by atoms with Crippen LogP contribution in [0, 0.1) is 11.8 Å². The molecule has 0 aliphatic carbocycles. The number of likely N-dealkylation sites (tertiary alicyclic amines) is 2. The van der Waals surface area contributed by atoms with E-state index < -0.39 is 0 Å². The Bertz CT molecular complexity index is 613. The number of hydrogen-bond donors (Lipinski definition) is 2. The summed E-state index contributed by atoms with van der Waals surface area (Å²) < 4.78 is 0. The lowest BCUT2D eigenvalue weighted by Gasteiger charge is -2.38. The molecule has 2 fully saturated rings. The Morgan fingerprint density at radius 3 is 2.63 bits per heavy atom. The highest BCUT2D eigenvalue weighted by atomic mass is 127. The normalized spacial score (nSPS) is 24.6. The number of nitrogens with one attached hydrogen (secondary N) is 2. The quantitative estimate of drug-likeness (QED) is 0.301. The fraction of sp³-hybridized carbons (Fsp3) is 0.783. The Kier molecular flexibility index (Phi) is 11.4. The molecule has 5 nitrogen and oxygen atoms in total. The van der Waals surface area contributed by atoms with E-state index in [4.69, 9.17) is 4.99 Å². The molecule has 172 valence electrons. The van der Waals surface area contributed by atoms with Gasteiger partial charge in [-0.2, -0.15) is 0 Å². The second-order valence-corrected chi connectivity index (χ2v) is 10.2. The van der Waals surface area contributed by atoms with Crippen molar-refractivity contribution in [3.63, 3.8) is 0 Å². The largest absolute Gasteiger partial charge is 0.357 e. The van der Waals surface area contributed by atoms with Gasteiger partial charge < -0.3 is 15.5 Å². The Hall–Kier alpha value is -0.380. The maximum absolute atomic E-state index is 5.05. The van der Waals surface area contributed by atoms with Crippen molar-refractivity contribution in [1.29, 1.82) is 0 Å².